The molecule has 173 valence electrons. The molecule has 1 heterocycles. The van der Waals surface area contributed by atoms with Gasteiger partial charge in [0.2, 0.25) is 0 Å². The molecule has 0 saturated heterocycles. The monoisotopic (exact) mass is 621 g/mol. The third kappa shape index (κ3) is 9.77. The molecule has 1 radical (unpaired) electrons. The Morgan fingerprint density at radius 2 is 1.55 bits per heavy atom. The Morgan fingerprint density at radius 3 is 2.00 bits per heavy atom. The first-order chi connectivity index (χ1) is 15.4. The van der Waals surface area contributed by atoms with Crippen molar-refractivity contribution < 1.29 is 39.5 Å². The molecule has 3 rings (SSSR count). The molecule has 0 unspecified atom stereocenters. The predicted octanol–water partition coefficient (Wildman–Crippen LogP) is 5.58. The van der Waals surface area contributed by atoms with E-state index in [0.717, 1.165) is 22.4 Å². The van der Waals surface area contributed by atoms with E-state index in [1.165, 1.54) is 19.9 Å². The zero-order valence-corrected chi connectivity index (χ0v) is 21.1. The molecule has 0 aliphatic heterocycles. The van der Waals surface area contributed by atoms with E-state index >= 15 is 0 Å². The quantitative estimate of drug-likeness (QED) is 0.128. The van der Waals surface area contributed by atoms with Gasteiger partial charge in [0, 0.05) is 38.1 Å². The summed E-state index contributed by atoms with van der Waals surface area (Å²) in [5, 5.41) is 8.36. The predicted molar refractivity (Wildman–Crippen MR) is 125 cm³/mol. The standard InChI is InChI=1S/C22H18NO2.C5H8O2.Ir/c1-2-25-22(24)19-13-14-21(23-16-19)20(18-11-7-4-8-12-18)15-17-9-5-3-6-10-17;1-4(6)3-5(2)7;/h3-14,16H,2H2,1H3;3,6H,1-2H3;/q-1;;. The zero-order valence-electron chi connectivity index (χ0n) is 18.7. The Hall–Kier alpha value is -3.34. The molecule has 0 aliphatic rings. The molecule has 0 amide bonds. The Bertz CT molecular complexity index is 1070. The number of pyridine rings is 1. The summed E-state index contributed by atoms with van der Waals surface area (Å²) in [6.07, 6.45) is 6.13. The maximum Gasteiger partial charge on any atom is 0.339 e. The number of aliphatic hydroxyl groups excluding tert-OH is 1. The molecule has 3 aromatic rings. The van der Waals surface area contributed by atoms with Crippen LogP contribution in [0.25, 0.3) is 5.57 Å². The van der Waals surface area contributed by atoms with Crippen LogP contribution in [0.3, 0.4) is 0 Å². The van der Waals surface area contributed by atoms with Crippen molar-refractivity contribution in [3.8, 4) is 0 Å². The number of hydrogen-bond donors (Lipinski definition) is 1. The molecule has 0 bridgehead atoms. The molecular weight excluding hydrogens is 595 g/mol. The van der Waals surface area contributed by atoms with E-state index in [0.29, 0.717) is 12.2 Å². The van der Waals surface area contributed by atoms with Crippen LogP contribution >= 0.6 is 0 Å². The molecular formula is C27H26IrNO4-. The number of ether oxygens (including phenoxy) is 1. The SMILES string of the molecule is CC(=O)C=C(C)O.CCOC(=O)c1ccc(C(=[C-]c2ccccc2)c2ccccc2)nc1.[Ir]. The topological polar surface area (TPSA) is 76.5 Å². The fourth-order valence-corrected chi connectivity index (χ4v) is 2.73. The fourth-order valence-electron chi connectivity index (χ4n) is 2.73. The van der Waals surface area contributed by atoms with Gasteiger partial charge in [-0.25, -0.2) is 4.79 Å². The van der Waals surface area contributed by atoms with Gasteiger partial charge in [0.15, 0.2) is 5.78 Å². The van der Waals surface area contributed by atoms with Crippen LogP contribution in [-0.2, 0) is 29.6 Å². The molecule has 2 aromatic carbocycles. The van der Waals surface area contributed by atoms with Gasteiger partial charge >= 0.3 is 5.97 Å². The number of benzene rings is 2. The first-order valence-corrected chi connectivity index (χ1v) is 10.2. The summed E-state index contributed by atoms with van der Waals surface area (Å²) in [5.41, 5.74) is 4.06. The van der Waals surface area contributed by atoms with Crippen LogP contribution in [0.1, 0.15) is 48.0 Å². The second kappa shape index (κ2) is 14.7. The Balaban J connectivity index is 0.000000595. The Morgan fingerprint density at radius 1 is 0.939 bits per heavy atom. The third-order valence-corrected chi connectivity index (χ3v) is 4.05. The first kappa shape index (κ1) is 27.7. The van der Waals surface area contributed by atoms with Gasteiger partial charge in [-0.3, -0.25) is 9.78 Å². The number of nitrogens with zero attached hydrogens (tertiary/aromatic N) is 1. The molecule has 33 heavy (non-hydrogen) atoms. The van der Waals surface area contributed by atoms with Crippen LogP contribution in [0.2, 0.25) is 0 Å². The van der Waals surface area contributed by atoms with Crippen LogP contribution in [0.15, 0.2) is 90.8 Å². The summed E-state index contributed by atoms with van der Waals surface area (Å²) in [6.45, 7) is 4.98. The van der Waals surface area contributed by atoms with Crippen LogP contribution in [0.5, 0.6) is 0 Å². The number of esters is 1. The Kier molecular flexibility index (Phi) is 12.3. The number of aliphatic hydroxyl groups is 1. The van der Waals surface area contributed by atoms with Gasteiger partial charge < -0.3 is 9.84 Å². The van der Waals surface area contributed by atoms with Crippen LogP contribution in [0, 0.1) is 6.08 Å². The molecule has 0 aliphatic carbocycles. The molecule has 0 saturated carbocycles. The van der Waals surface area contributed by atoms with Crippen LogP contribution < -0.4 is 0 Å². The van der Waals surface area contributed by atoms with Crippen LogP contribution in [0.4, 0.5) is 0 Å². The zero-order chi connectivity index (χ0) is 23.3. The summed E-state index contributed by atoms with van der Waals surface area (Å²) >= 11 is 0. The van der Waals surface area contributed by atoms with Gasteiger partial charge in [0.1, 0.15) is 0 Å². The van der Waals surface area contributed by atoms with E-state index in [1.54, 1.807) is 19.2 Å². The van der Waals surface area contributed by atoms with Gasteiger partial charge in [0.25, 0.3) is 0 Å². The van der Waals surface area contributed by atoms with Crippen molar-refractivity contribution in [1.29, 1.82) is 0 Å². The first-order valence-electron chi connectivity index (χ1n) is 10.2. The van der Waals surface area contributed by atoms with E-state index in [-0.39, 0.29) is 37.6 Å². The maximum atomic E-state index is 11.8. The molecule has 0 spiro atoms. The van der Waals surface area contributed by atoms with Crippen molar-refractivity contribution in [1.82, 2.24) is 4.98 Å². The molecule has 1 aromatic heterocycles. The van der Waals surface area contributed by atoms with Gasteiger partial charge in [-0.05, 0) is 20.8 Å². The van der Waals surface area contributed by atoms with Gasteiger partial charge in [-0.2, -0.15) is 0 Å². The summed E-state index contributed by atoms with van der Waals surface area (Å²) < 4.78 is 5.01. The van der Waals surface area contributed by atoms with Gasteiger partial charge in [0.05, 0.1) is 17.9 Å². The maximum absolute atomic E-state index is 11.8. The van der Waals surface area contributed by atoms with Gasteiger partial charge in [-0.1, -0.05) is 71.8 Å². The largest absolute Gasteiger partial charge is 0.512 e. The van der Waals surface area contributed by atoms with Crippen molar-refractivity contribution >= 4 is 17.3 Å². The molecule has 6 heteroatoms. The average molecular weight is 621 g/mol. The minimum absolute atomic E-state index is 0. The number of ketones is 1. The smallest absolute Gasteiger partial charge is 0.339 e. The van der Waals surface area contributed by atoms with E-state index < -0.39 is 0 Å². The number of rotatable bonds is 6. The summed E-state index contributed by atoms with van der Waals surface area (Å²) in [6, 6.07) is 23.4. The number of allylic oxidation sites excluding steroid dienone is 2. The minimum Gasteiger partial charge on any atom is -0.512 e. The number of carbonyl (C=O) groups is 2. The van der Waals surface area contributed by atoms with E-state index in [4.69, 9.17) is 9.84 Å². The Labute approximate surface area is 208 Å². The number of aromatic nitrogens is 1. The van der Waals surface area contributed by atoms with E-state index in [2.05, 4.69) is 11.1 Å². The number of hydrogen-bond acceptors (Lipinski definition) is 5. The summed E-state index contributed by atoms with van der Waals surface area (Å²) in [4.78, 5) is 26.3. The van der Waals surface area contributed by atoms with Crippen molar-refractivity contribution in [3.05, 3.63) is 119 Å². The van der Waals surface area contributed by atoms with E-state index in [1.807, 2.05) is 66.7 Å². The third-order valence-electron chi connectivity index (χ3n) is 4.05. The summed E-state index contributed by atoms with van der Waals surface area (Å²) in [7, 11) is 0. The second-order valence-corrected chi connectivity index (χ2v) is 6.78. The van der Waals surface area contributed by atoms with E-state index in [9.17, 15) is 9.59 Å². The fraction of sp³-hybridized carbons (Fsp3) is 0.148. The minimum atomic E-state index is -0.362. The average Bonchev–Trinajstić information content (AvgIpc) is 2.78. The van der Waals surface area contributed by atoms with Crippen molar-refractivity contribution in [2.45, 2.75) is 20.8 Å². The normalized spacial score (nSPS) is 10.9. The van der Waals surface area contributed by atoms with Crippen molar-refractivity contribution in [3.63, 3.8) is 0 Å². The molecule has 5 nitrogen and oxygen atoms in total. The second-order valence-electron chi connectivity index (χ2n) is 6.78. The molecule has 0 atom stereocenters. The van der Waals surface area contributed by atoms with Crippen LogP contribution in [-0.4, -0.2) is 28.4 Å². The van der Waals surface area contributed by atoms with Crippen molar-refractivity contribution in [2.75, 3.05) is 6.61 Å². The van der Waals surface area contributed by atoms with Crippen molar-refractivity contribution in [2.24, 2.45) is 0 Å². The molecule has 0 fully saturated rings. The molecule has 1 N–H and O–H groups in total. The number of carbonyl (C=O) groups excluding carboxylic acids is 2. The summed E-state index contributed by atoms with van der Waals surface area (Å²) in [5.74, 6) is -0.425. The van der Waals surface area contributed by atoms with Gasteiger partial charge in [-0.15, -0.1) is 23.8 Å².